The van der Waals surface area contributed by atoms with Gasteiger partial charge in [0.15, 0.2) is 0 Å². The second-order valence-electron chi connectivity index (χ2n) is 6.23. The van der Waals surface area contributed by atoms with E-state index in [-0.39, 0.29) is 24.2 Å². The summed E-state index contributed by atoms with van der Waals surface area (Å²) in [5.41, 5.74) is 1.96. The highest BCUT2D eigenvalue weighted by Crippen LogP contribution is 2.34. The van der Waals surface area contributed by atoms with Gasteiger partial charge in [-0.25, -0.2) is 4.39 Å². The summed E-state index contributed by atoms with van der Waals surface area (Å²) < 4.78 is 13.9. The maximum atomic E-state index is 13.9. The first-order valence-corrected chi connectivity index (χ1v) is 7.89. The molecule has 0 radical (unpaired) electrons. The predicted molar refractivity (Wildman–Crippen MR) is 81.2 cm³/mol. The fraction of sp³-hybridized carbons (Fsp3) is 0.471. The second-order valence-corrected chi connectivity index (χ2v) is 6.23. The van der Waals surface area contributed by atoms with Crippen LogP contribution in [0.5, 0.6) is 0 Å². The van der Waals surface area contributed by atoms with Crippen molar-refractivity contribution in [1.82, 2.24) is 10.2 Å². The summed E-state index contributed by atoms with van der Waals surface area (Å²) in [5.74, 6) is -1.40. The van der Waals surface area contributed by atoms with Crippen molar-refractivity contribution in [3.05, 3.63) is 34.6 Å². The van der Waals surface area contributed by atoms with E-state index in [4.69, 9.17) is 0 Å². The molecular formula is C17H19FN2O3. The van der Waals surface area contributed by atoms with Gasteiger partial charge in [-0.1, -0.05) is 13.8 Å². The molecule has 1 saturated heterocycles. The number of halogens is 1. The number of amides is 3. The van der Waals surface area contributed by atoms with Crippen LogP contribution >= 0.6 is 0 Å². The van der Waals surface area contributed by atoms with E-state index in [2.05, 4.69) is 5.32 Å². The molecule has 2 heterocycles. The molecule has 6 heteroatoms. The molecule has 0 aromatic heterocycles. The lowest BCUT2D eigenvalue weighted by molar-refractivity contribution is -0.136. The fourth-order valence-electron chi connectivity index (χ4n) is 3.31. The molecule has 2 unspecified atom stereocenters. The van der Waals surface area contributed by atoms with E-state index in [1.54, 1.807) is 0 Å². The van der Waals surface area contributed by atoms with Gasteiger partial charge in [-0.2, -0.15) is 0 Å². The third kappa shape index (κ3) is 2.62. The summed E-state index contributed by atoms with van der Waals surface area (Å²) >= 11 is 0. The number of imide groups is 1. The largest absolute Gasteiger partial charge is 0.322 e. The Bertz CT molecular complexity index is 701. The number of benzene rings is 1. The van der Waals surface area contributed by atoms with Crippen molar-refractivity contribution in [2.24, 2.45) is 0 Å². The molecular weight excluding hydrogens is 299 g/mol. The fourth-order valence-corrected chi connectivity index (χ4v) is 3.31. The first kappa shape index (κ1) is 15.6. The van der Waals surface area contributed by atoms with Gasteiger partial charge < -0.3 is 4.90 Å². The van der Waals surface area contributed by atoms with Gasteiger partial charge in [0.1, 0.15) is 11.9 Å². The summed E-state index contributed by atoms with van der Waals surface area (Å²) in [4.78, 5) is 37.4. The number of rotatable bonds is 3. The van der Waals surface area contributed by atoms with E-state index in [0.717, 1.165) is 17.5 Å². The van der Waals surface area contributed by atoms with Crippen molar-refractivity contribution in [3.63, 3.8) is 0 Å². The van der Waals surface area contributed by atoms with E-state index >= 15 is 0 Å². The molecule has 5 nitrogen and oxygen atoms in total. The summed E-state index contributed by atoms with van der Waals surface area (Å²) in [5, 5.41) is 2.27. The third-order valence-corrected chi connectivity index (χ3v) is 4.80. The van der Waals surface area contributed by atoms with Gasteiger partial charge in [-0.3, -0.25) is 19.7 Å². The number of carbonyl (C=O) groups is 3. The van der Waals surface area contributed by atoms with E-state index in [1.807, 2.05) is 13.8 Å². The highest BCUT2D eigenvalue weighted by Gasteiger charge is 2.40. The Morgan fingerprint density at radius 3 is 2.74 bits per heavy atom. The summed E-state index contributed by atoms with van der Waals surface area (Å²) in [6.07, 6.45) is 1.36. The van der Waals surface area contributed by atoms with Crippen LogP contribution in [0.15, 0.2) is 12.1 Å². The van der Waals surface area contributed by atoms with E-state index in [9.17, 15) is 18.8 Å². The summed E-state index contributed by atoms with van der Waals surface area (Å²) in [6.45, 7) is 4.30. The van der Waals surface area contributed by atoms with E-state index in [0.29, 0.717) is 18.5 Å². The number of nitrogens with one attached hydrogen (secondary N) is 1. The van der Waals surface area contributed by atoms with E-state index in [1.165, 1.54) is 17.0 Å². The first-order valence-electron chi connectivity index (χ1n) is 7.89. The lowest BCUT2D eigenvalue weighted by atomic mass is 9.91. The van der Waals surface area contributed by atoms with Crippen LogP contribution in [0.1, 0.15) is 60.5 Å². The van der Waals surface area contributed by atoms with Crippen molar-refractivity contribution >= 4 is 17.7 Å². The molecule has 3 amide bonds. The Morgan fingerprint density at radius 1 is 1.35 bits per heavy atom. The van der Waals surface area contributed by atoms with Crippen LogP contribution in [-0.2, 0) is 16.1 Å². The molecule has 3 rings (SSSR count). The number of carbonyl (C=O) groups excluding carboxylic acids is 3. The van der Waals surface area contributed by atoms with Crippen molar-refractivity contribution in [3.8, 4) is 0 Å². The maximum absolute atomic E-state index is 13.9. The van der Waals surface area contributed by atoms with Crippen molar-refractivity contribution in [1.29, 1.82) is 0 Å². The van der Waals surface area contributed by atoms with Crippen LogP contribution in [0.4, 0.5) is 4.39 Å². The van der Waals surface area contributed by atoms with Gasteiger partial charge >= 0.3 is 0 Å². The maximum Gasteiger partial charge on any atom is 0.255 e. The van der Waals surface area contributed by atoms with Crippen molar-refractivity contribution < 1.29 is 18.8 Å². The van der Waals surface area contributed by atoms with Crippen LogP contribution in [-0.4, -0.2) is 28.7 Å². The molecule has 1 N–H and O–H groups in total. The standard InChI is InChI=1S/C17H19FN2O3/c1-3-9(2)11-6-10(18)7-12-13(11)8-20(17(12)23)14-4-5-15(21)19-16(14)22/h6-7,9,14H,3-5,8H2,1-2H3,(H,19,21,22). The predicted octanol–water partition coefficient (Wildman–Crippen LogP) is 2.10. The summed E-state index contributed by atoms with van der Waals surface area (Å²) in [7, 11) is 0. The molecule has 1 aromatic rings. The van der Waals surface area contributed by atoms with Gasteiger partial charge in [0.2, 0.25) is 11.8 Å². The number of piperidine rings is 1. The molecule has 2 atom stereocenters. The molecule has 0 spiro atoms. The highest BCUT2D eigenvalue weighted by molar-refractivity contribution is 6.05. The topological polar surface area (TPSA) is 66.5 Å². The van der Waals surface area contributed by atoms with Gasteiger partial charge in [-0.05, 0) is 42.0 Å². The molecule has 122 valence electrons. The number of hydrogen-bond donors (Lipinski definition) is 1. The zero-order chi connectivity index (χ0) is 16.7. The Morgan fingerprint density at radius 2 is 2.09 bits per heavy atom. The van der Waals surface area contributed by atoms with Crippen LogP contribution in [0.2, 0.25) is 0 Å². The molecule has 0 saturated carbocycles. The monoisotopic (exact) mass is 318 g/mol. The van der Waals surface area contributed by atoms with Gasteiger partial charge in [0.05, 0.1) is 0 Å². The Kier molecular flexibility index (Phi) is 3.92. The highest BCUT2D eigenvalue weighted by atomic mass is 19.1. The lowest BCUT2D eigenvalue weighted by Crippen LogP contribution is -2.52. The quantitative estimate of drug-likeness (QED) is 0.868. The minimum absolute atomic E-state index is 0.133. The summed E-state index contributed by atoms with van der Waals surface area (Å²) in [6, 6.07) is 2.06. The first-order chi connectivity index (χ1) is 10.9. The lowest BCUT2D eigenvalue weighted by Gasteiger charge is -2.29. The molecule has 1 aromatic carbocycles. The van der Waals surface area contributed by atoms with Crippen LogP contribution in [0, 0.1) is 5.82 Å². The van der Waals surface area contributed by atoms with E-state index < -0.39 is 17.8 Å². The normalized spacial score (nSPS) is 22.1. The van der Waals surface area contributed by atoms with Gasteiger partial charge in [-0.15, -0.1) is 0 Å². The number of nitrogens with zero attached hydrogens (tertiary/aromatic N) is 1. The molecule has 23 heavy (non-hydrogen) atoms. The molecule has 2 aliphatic rings. The van der Waals surface area contributed by atoms with Crippen LogP contribution in [0.3, 0.4) is 0 Å². The Balaban J connectivity index is 1.96. The second kappa shape index (κ2) is 5.76. The van der Waals surface area contributed by atoms with Crippen molar-refractivity contribution in [2.45, 2.75) is 51.6 Å². The molecule has 2 aliphatic heterocycles. The Labute approximate surface area is 133 Å². The van der Waals surface area contributed by atoms with Crippen LogP contribution < -0.4 is 5.32 Å². The number of fused-ring (bicyclic) bond motifs is 1. The van der Waals surface area contributed by atoms with Gasteiger partial charge in [0, 0.05) is 18.5 Å². The average molecular weight is 318 g/mol. The van der Waals surface area contributed by atoms with Crippen LogP contribution in [0.25, 0.3) is 0 Å². The smallest absolute Gasteiger partial charge is 0.255 e. The van der Waals surface area contributed by atoms with Gasteiger partial charge in [0.25, 0.3) is 5.91 Å². The zero-order valence-electron chi connectivity index (χ0n) is 13.2. The molecule has 1 fully saturated rings. The molecule has 0 bridgehead atoms. The third-order valence-electron chi connectivity index (χ3n) is 4.80. The SMILES string of the molecule is CCC(C)c1cc(F)cc2c1CN(C1CCC(=O)NC1=O)C2=O. The van der Waals surface area contributed by atoms with Crippen molar-refractivity contribution in [2.75, 3.05) is 0 Å². The number of hydrogen-bond acceptors (Lipinski definition) is 3. The Hall–Kier alpha value is -2.24. The minimum Gasteiger partial charge on any atom is -0.322 e. The minimum atomic E-state index is -0.666. The average Bonchev–Trinajstić information content (AvgIpc) is 2.83. The zero-order valence-corrected chi connectivity index (χ0v) is 13.2. The molecule has 0 aliphatic carbocycles.